The molecule has 3 heterocycles. The molecular formula is C27H25FN4O3S. The summed E-state index contributed by atoms with van der Waals surface area (Å²) in [6, 6.07) is 14.2. The lowest BCUT2D eigenvalue weighted by Crippen LogP contribution is -2.38. The molecule has 2 aromatic heterocycles. The Morgan fingerprint density at radius 3 is 2.58 bits per heavy atom. The van der Waals surface area contributed by atoms with E-state index < -0.39 is 11.7 Å². The highest BCUT2D eigenvalue weighted by Crippen LogP contribution is 2.33. The normalized spacial score (nSPS) is 14.1. The minimum Gasteiger partial charge on any atom is -0.360 e. The third-order valence-electron chi connectivity index (χ3n) is 6.38. The van der Waals surface area contributed by atoms with Gasteiger partial charge in [-0.25, -0.2) is 9.37 Å². The number of aryl methyl sites for hydroxylation is 2. The van der Waals surface area contributed by atoms with Crippen molar-refractivity contribution in [1.29, 1.82) is 0 Å². The van der Waals surface area contributed by atoms with Gasteiger partial charge in [-0.05, 0) is 44.4 Å². The maximum atomic E-state index is 14.1. The zero-order chi connectivity index (χ0) is 25.2. The van der Waals surface area contributed by atoms with Crippen molar-refractivity contribution in [2.75, 3.05) is 18.4 Å². The number of nitrogens with zero attached hydrogens (tertiary/aromatic N) is 3. The van der Waals surface area contributed by atoms with Gasteiger partial charge in [-0.3, -0.25) is 9.59 Å². The summed E-state index contributed by atoms with van der Waals surface area (Å²) in [5.41, 5.74) is 3.07. The average Bonchev–Trinajstić information content (AvgIpc) is 3.53. The maximum Gasteiger partial charge on any atom is 0.275 e. The summed E-state index contributed by atoms with van der Waals surface area (Å²) in [7, 11) is 0. The highest BCUT2D eigenvalue weighted by atomic mass is 32.1. The second kappa shape index (κ2) is 10.0. The number of carbonyl (C=O) groups excluding carboxylic acids is 2. The molecule has 2 aromatic carbocycles. The molecule has 1 N–H and O–H groups in total. The summed E-state index contributed by atoms with van der Waals surface area (Å²) >= 11 is 1.42. The number of piperidine rings is 1. The van der Waals surface area contributed by atoms with Crippen molar-refractivity contribution in [1.82, 2.24) is 15.0 Å². The number of halogens is 1. The van der Waals surface area contributed by atoms with Gasteiger partial charge in [0.25, 0.3) is 11.8 Å². The molecule has 2 amide bonds. The molecule has 1 saturated heterocycles. The van der Waals surface area contributed by atoms with Crippen LogP contribution in [0.25, 0.3) is 11.3 Å². The molecule has 1 aliphatic rings. The summed E-state index contributed by atoms with van der Waals surface area (Å²) in [6.45, 7) is 4.68. The van der Waals surface area contributed by atoms with Gasteiger partial charge in [0, 0.05) is 30.0 Å². The first kappa shape index (κ1) is 23.9. The molecule has 0 unspecified atom stereocenters. The van der Waals surface area contributed by atoms with Crippen LogP contribution in [0.1, 0.15) is 55.9 Å². The van der Waals surface area contributed by atoms with E-state index in [1.54, 1.807) is 31.4 Å². The van der Waals surface area contributed by atoms with Crippen LogP contribution in [0.5, 0.6) is 0 Å². The van der Waals surface area contributed by atoms with Crippen molar-refractivity contribution in [3.8, 4) is 11.3 Å². The SMILES string of the molecule is Cc1ccc(NC(=O)c2csc(C3CCN(C(=O)c4c(-c5ccccc5)noc4C)CC3)n2)c(F)c1. The van der Waals surface area contributed by atoms with Gasteiger partial charge in [0.2, 0.25) is 0 Å². The van der Waals surface area contributed by atoms with Crippen LogP contribution < -0.4 is 5.32 Å². The molecule has 4 aromatic rings. The quantitative estimate of drug-likeness (QED) is 0.370. The van der Waals surface area contributed by atoms with E-state index in [2.05, 4.69) is 15.5 Å². The highest BCUT2D eigenvalue weighted by Gasteiger charge is 2.31. The summed E-state index contributed by atoms with van der Waals surface area (Å²) < 4.78 is 19.5. The van der Waals surface area contributed by atoms with E-state index in [9.17, 15) is 14.0 Å². The lowest BCUT2D eigenvalue weighted by Gasteiger charge is -2.31. The van der Waals surface area contributed by atoms with E-state index in [0.29, 0.717) is 30.1 Å². The van der Waals surface area contributed by atoms with Crippen LogP contribution in [0.2, 0.25) is 0 Å². The van der Waals surface area contributed by atoms with Crippen LogP contribution in [0.3, 0.4) is 0 Å². The lowest BCUT2D eigenvalue weighted by molar-refractivity contribution is 0.0711. The molecular weight excluding hydrogens is 479 g/mol. The van der Waals surface area contributed by atoms with E-state index >= 15 is 0 Å². The van der Waals surface area contributed by atoms with Crippen LogP contribution in [-0.4, -0.2) is 39.9 Å². The topological polar surface area (TPSA) is 88.3 Å². The zero-order valence-corrected chi connectivity index (χ0v) is 20.8. The molecule has 0 atom stereocenters. The van der Waals surface area contributed by atoms with Gasteiger partial charge >= 0.3 is 0 Å². The van der Waals surface area contributed by atoms with Crippen LogP contribution in [0, 0.1) is 19.7 Å². The number of carbonyl (C=O) groups is 2. The second-order valence-corrected chi connectivity index (χ2v) is 9.79. The minimum absolute atomic E-state index is 0.0922. The molecule has 0 spiro atoms. The van der Waals surface area contributed by atoms with Gasteiger partial charge in [0.05, 0.1) is 10.7 Å². The number of benzene rings is 2. The summed E-state index contributed by atoms with van der Waals surface area (Å²) in [5.74, 6) is -0.362. The number of aromatic nitrogens is 2. The van der Waals surface area contributed by atoms with E-state index in [0.717, 1.165) is 29.0 Å². The van der Waals surface area contributed by atoms with Gasteiger partial charge in [0.15, 0.2) is 0 Å². The first-order valence-corrected chi connectivity index (χ1v) is 12.6. The summed E-state index contributed by atoms with van der Waals surface area (Å²) in [4.78, 5) is 32.3. The van der Waals surface area contributed by atoms with E-state index in [1.807, 2.05) is 35.2 Å². The molecule has 0 aliphatic carbocycles. The second-order valence-electron chi connectivity index (χ2n) is 8.90. The van der Waals surface area contributed by atoms with Gasteiger partial charge in [-0.15, -0.1) is 11.3 Å². The third kappa shape index (κ3) is 4.79. The van der Waals surface area contributed by atoms with Crippen LogP contribution in [0.4, 0.5) is 10.1 Å². The Morgan fingerprint density at radius 1 is 1.11 bits per heavy atom. The van der Waals surface area contributed by atoms with Crippen molar-refractivity contribution >= 4 is 28.8 Å². The molecule has 1 aliphatic heterocycles. The highest BCUT2D eigenvalue weighted by molar-refractivity contribution is 7.10. The molecule has 1 fully saturated rings. The third-order valence-corrected chi connectivity index (χ3v) is 7.39. The number of amides is 2. The molecule has 36 heavy (non-hydrogen) atoms. The largest absolute Gasteiger partial charge is 0.360 e. The molecule has 7 nitrogen and oxygen atoms in total. The fraction of sp³-hybridized carbons (Fsp3) is 0.259. The predicted octanol–water partition coefficient (Wildman–Crippen LogP) is 5.83. The monoisotopic (exact) mass is 504 g/mol. The number of thiazole rings is 1. The summed E-state index contributed by atoms with van der Waals surface area (Å²) in [5, 5.41) is 9.27. The predicted molar refractivity (Wildman–Crippen MR) is 136 cm³/mol. The average molecular weight is 505 g/mol. The first-order chi connectivity index (χ1) is 17.4. The fourth-order valence-electron chi connectivity index (χ4n) is 4.39. The van der Waals surface area contributed by atoms with Gasteiger partial charge < -0.3 is 14.7 Å². The van der Waals surface area contributed by atoms with Crippen molar-refractivity contribution < 1.29 is 18.5 Å². The van der Waals surface area contributed by atoms with Gasteiger partial charge in [0.1, 0.15) is 28.5 Å². The minimum atomic E-state index is -0.477. The van der Waals surface area contributed by atoms with E-state index in [1.165, 1.54) is 17.4 Å². The van der Waals surface area contributed by atoms with Crippen molar-refractivity contribution in [3.05, 3.63) is 87.3 Å². The standard InChI is InChI=1S/C27H25FN4O3S/c1-16-8-9-21(20(28)14-16)29-25(33)22-15-36-26(30-22)19-10-12-32(13-11-19)27(34)23-17(2)35-31-24(23)18-6-4-3-5-7-18/h3-9,14-15,19H,10-13H2,1-2H3,(H,29,33). The van der Waals surface area contributed by atoms with E-state index in [-0.39, 0.29) is 23.2 Å². The molecule has 0 bridgehead atoms. The Bertz CT molecular complexity index is 1410. The van der Waals surface area contributed by atoms with Crippen molar-refractivity contribution in [2.24, 2.45) is 0 Å². The van der Waals surface area contributed by atoms with Crippen LogP contribution in [0.15, 0.2) is 58.4 Å². The van der Waals surface area contributed by atoms with Crippen molar-refractivity contribution in [3.63, 3.8) is 0 Å². The van der Waals surface area contributed by atoms with Gasteiger partial charge in [-0.1, -0.05) is 41.6 Å². The molecule has 0 radical (unpaired) electrons. The Labute approximate surface area is 212 Å². The molecule has 5 rings (SSSR count). The first-order valence-electron chi connectivity index (χ1n) is 11.7. The Balaban J connectivity index is 1.23. The molecule has 0 saturated carbocycles. The number of rotatable bonds is 5. The number of nitrogens with one attached hydrogen (secondary N) is 1. The Morgan fingerprint density at radius 2 is 1.86 bits per heavy atom. The van der Waals surface area contributed by atoms with Crippen LogP contribution >= 0.6 is 11.3 Å². The molecule has 9 heteroatoms. The van der Waals surface area contributed by atoms with Crippen LogP contribution in [-0.2, 0) is 0 Å². The number of likely N-dealkylation sites (tertiary alicyclic amines) is 1. The number of anilines is 1. The zero-order valence-electron chi connectivity index (χ0n) is 20.0. The Kier molecular flexibility index (Phi) is 6.65. The number of hydrogen-bond acceptors (Lipinski definition) is 6. The Hall–Kier alpha value is -3.85. The number of hydrogen-bond donors (Lipinski definition) is 1. The molecule has 184 valence electrons. The van der Waals surface area contributed by atoms with Crippen molar-refractivity contribution in [2.45, 2.75) is 32.6 Å². The smallest absolute Gasteiger partial charge is 0.275 e. The van der Waals surface area contributed by atoms with E-state index in [4.69, 9.17) is 4.52 Å². The maximum absolute atomic E-state index is 14.1. The fourth-order valence-corrected chi connectivity index (χ4v) is 5.36. The van der Waals surface area contributed by atoms with Gasteiger partial charge in [-0.2, -0.15) is 0 Å². The lowest BCUT2D eigenvalue weighted by atomic mass is 9.96. The summed E-state index contributed by atoms with van der Waals surface area (Å²) in [6.07, 6.45) is 1.47.